The molecule has 0 aliphatic rings. The van der Waals surface area contributed by atoms with E-state index in [1.807, 2.05) is 36.4 Å². The van der Waals surface area contributed by atoms with Gasteiger partial charge in [0.2, 0.25) is 5.91 Å². The van der Waals surface area contributed by atoms with Crippen LogP contribution in [-0.2, 0) is 17.8 Å². The number of benzene rings is 2. The number of anilines is 1. The molecule has 0 aliphatic carbocycles. The Hall–Kier alpha value is -2.70. The van der Waals surface area contributed by atoms with Gasteiger partial charge in [-0.1, -0.05) is 35.9 Å². The number of hydrogen-bond acceptors (Lipinski definition) is 4. The molecule has 3 rings (SSSR count). The number of nitrogens with zero attached hydrogens (tertiary/aromatic N) is 1. The van der Waals surface area contributed by atoms with E-state index in [0.29, 0.717) is 28.7 Å². The number of amides is 2. The molecule has 3 aromatic rings. The average Bonchev–Trinajstić information content (AvgIpc) is 3.07. The molecule has 5 nitrogen and oxygen atoms in total. The highest BCUT2D eigenvalue weighted by Gasteiger charge is 2.10. The van der Waals surface area contributed by atoms with Gasteiger partial charge in [0.1, 0.15) is 0 Å². The van der Waals surface area contributed by atoms with Crippen LogP contribution in [0.4, 0.5) is 5.13 Å². The van der Waals surface area contributed by atoms with Crippen LogP contribution in [0.25, 0.3) is 0 Å². The fraction of sp³-hybridized carbons (Fsp3) is 0.150. The molecule has 0 atom stereocenters. The Balaban J connectivity index is 1.59. The van der Waals surface area contributed by atoms with Gasteiger partial charge in [0.25, 0.3) is 5.91 Å². The molecule has 0 fully saturated rings. The normalized spacial score (nSPS) is 10.4. The molecule has 2 amide bonds. The molecule has 2 aromatic carbocycles. The number of aromatic nitrogens is 1. The van der Waals surface area contributed by atoms with E-state index in [1.165, 1.54) is 18.3 Å². The third-order valence-electron chi connectivity index (χ3n) is 3.80. The lowest BCUT2D eigenvalue weighted by molar-refractivity contribution is -0.119. The summed E-state index contributed by atoms with van der Waals surface area (Å²) in [6, 6.07) is 14.8. The van der Waals surface area contributed by atoms with Crippen LogP contribution in [0.5, 0.6) is 0 Å². The zero-order chi connectivity index (χ0) is 19.2. The smallest absolute Gasteiger partial charge is 0.257 e. The van der Waals surface area contributed by atoms with Gasteiger partial charge in [0.05, 0.1) is 0 Å². The van der Waals surface area contributed by atoms with Gasteiger partial charge in [-0.25, -0.2) is 4.98 Å². The highest BCUT2D eigenvalue weighted by molar-refractivity contribution is 7.15. The number of nitrogens with one attached hydrogen (secondary N) is 2. The second-order valence-corrected chi connectivity index (χ2v) is 7.55. The molecule has 0 bridgehead atoms. The predicted octanol–water partition coefficient (Wildman–Crippen LogP) is 4.28. The average molecular weight is 400 g/mol. The first kappa shape index (κ1) is 19.1. The van der Waals surface area contributed by atoms with Crippen molar-refractivity contribution < 1.29 is 9.59 Å². The van der Waals surface area contributed by atoms with Crippen LogP contribution in [0.1, 0.15) is 33.3 Å². The summed E-state index contributed by atoms with van der Waals surface area (Å²) < 4.78 is 0. The first-order chi connectivity index (χ1) is 13.0. The van der Waals surface area contributed by atoms with Crippen molar-refractivity contribution in [3.05, 3.63) is 81.3 Å². The Morgan fingerprint density at radius 2 is 1.89 bits per heavy atom. The van der Waals surface area contributed by atoms with Gasteiger partial charge in [-0.15, -0.1) is 11.3 Å². The van der Waals surface area contributed by atoms with Crippen LogP contribution in [0.15, 0.2) is 54.7 Å². The Kier molecular flexibility index (Phi) is 6.21. The van der Waals surface area contributed by atoms with E-state index in [-0.39, 0.29) is 11.8 Å². The van der Waals surface area contributed by atoms with Crippen LogP contribution in [0, 0.1) is 0 Å². The summed E-state index contributed by atoms with van der Waals surface area (Å²) in [6.45, 7) is 1.91. The van der Waals surface area contributed by atoms with Gasteiger partial charge >= 0.3 is 0 Å². The maximum atomic E-state index is 12.4. The van der Waals surface area contributed by atoms with E-state index >= 15 is 0 Å². The molecule has 0 aliphatic heterocycles. The quantitative estimate of drug-likeness (QED) is 0.650. The number of carbonyl (C=O) groups is 2. The lowest BCUT2D eigenvalue weighted by atomic mass is 10.1. The Labute approximate surface area is 166 Å². The fourth-order valence-corrected chi connectivity index (χ4v) is 3.52. The van der Waals surface area contributed by atoms with Crippen LogP contribution in [0.3, 0.4) is 0 Å². The molecule has 0 saturated heterocycles. The molecule has 2 N–H and O–H groups in total. The lowest BCUT2D eigenvalue weighted by Gasteiger charge is -2.05. The van der Waals surface area contributed by atoms with E-state index in [0.717, 1.165) is 16.0 Å². The van der Waals surface area contributed by atoms with Gasteiger partial charge in [0.15, 0.2) is 5.13 Å². The second-order valence-electron chi connectivity index (χ2n) is 6.00. The van der Waals surface area contributed by atoms with Gasteiger partial charge in [0, 0.05) is 41.5 Å². The third-order valence-corrected chi connectivity index (χ3v) is 4.95. The molecule has 0 spiro atoms. The third kappa shape index (κ3) is 5.64. The summed E-state index contributed by atoms with van der Waals surface area (Å²) >= 11 is 7.45. The molecule has 0 unspecified atom stereocenters. The van der Waals surface area contributed by atoms with E-state index in [1.54, 1.807) is 18.3 Å². The van der Waals surface area contributed by atoms with Gasteiger partial charge in [-0.2, -0.15) is 0 Å². The van der Waals surface area contributed by atoms with Crippen molar-refractivity contribution in [3.8, 4) is 0 Å². The highest BCUT2D eigenvalue weighted by Crippen LogP contribution is 2.23. The zero-order valence-electron chi connectivity index (χ0n) is 14.7. The van der Waals surface area contributed by atoms with Gasteiger partial charge < -0.3 is 5.32 Å². The molecular weight excluding hydrogens is 382 g/mol. The van der Waals surface area contributed by atoms with Crippen LogP contribution in [-0.4, -0.2) is 16.8 Å². The number of halogens is 1. The van der Waals surface area contributed by atoms with Gasteiger partial charge in [-0.3, -0.25) is 14.9 Å². The second kappa shape index (κ2) is 8.79. The minimum Gasteiger partial charge on any atom is -0.352 e. The van der Waals surface area contributed by atoms with Crippen LogP contribution >= 0.6 is 22.9 Å². The van der Waals surface area contributed by atoms with E-state index in [9.17, 15) is 9.59 Å². The summed E-state index contributed by atoms with van der Waals surface area (Å²) in [5, 5.41) is 6.79. The summed E-state index contributed by atoms with van der Waals surface area (Å²) in [4.78, 5) is 28.6. The molecule has 138 valence electrons. The monoisotopic (exact) mass is 399 g/mol. The molecule has 27 heavy (non-hydrogen) atoms. The predicted molar refractivity (Wildman–Crippen MR) is 108 cm³/mol. The summed E-state index contributed by atoms with van der Waals surface area (Å²) in [5.74, 6) is -0.307. The largest absolute Gasteiger partial charge is 0.352 e. The first-order valence-corrected chi connectivity index (χ1v) is 9.53. The topological polar surface area (TPSA) is 71.1 Å². The molecule has 0 saturated carbocycles. The zero-order valence-corrected chi connectivity index (χ0v) is 16.2. The van der Waals surface area contributed by atoms with Crippen LogP contribution < -0.4 is 10.6 Å². The fourth-order valence-electron chi connectivity index (χ4n) is 2.46. The molecule has 1 aromatic heterocycles. The minimum atomic E-state index is -0.218. The number of thiazole rings is 1. The van der Waals surface area contributed by atoms with E-state index < -0.39 is 0 Å². The van der Waals surface area contributed by atoms with Crippen molar-refractivity contribution in [1.82, 2.24) is 10.3 Å². The van der Waals surface area contributed by atoms with Crippen molar-refractivity contribution in [3.63, 3.8) is 0 Å². The first-order valence-electron chi connectivity index (χ1n) is 8.33. The molecule has 7 heteroatoms. The molecule has 0 radical (unpaired) electrons. The van der Waals surface area contributed by atoms with Crippen molar-refractivity contribution in [2.24, 2.45) is 0 Å². The number of carbonyl (C=O) groups excluding carboxylic acids is 2. The van der Waals surface area contributed by atoms with E-state index in [4.69, 9.17) is 11.6 Å². The van der Waals surface area contributed by atoms with Crippen molar-refractivity contribution in [2.45, 2.75) is 19.9 Å². The van der Waals surface area contributed by atoms with Crippen LogP contribution in [0.2, 0.25) is 5.02 Å². The summed E-state index contributed by atoms with van der Waals surface area (Å²) in [5.41, 5.74) is 2.56. The summed E-state index contributed by atoms with van der Waals surface area (Å²) in [6.07, 6.45) is 2.48. The lowest BCUT2D eigenvalue weighted by Crippen LogP contribution is -2.19. The number of rotatable bonds is 6. The molecular formula is C20H18ClN3O2S. The minimum absolute atomic E-state index is 0.0887. The summed E-state index contributed by atoms with van der Waals surface area (Å²) in [7, 11) is 0. The maximum Gasteiger partial charge on any atom is 0.257 e. The van der Waals surface area contributed by atoms with Crippen molar-refractivity contribution in [2.75, 3.05) is 5.32 Å². The maximum absolute atomic E-state index is 12.4. The van der Waals surface area contributed by atoms with Gasteiger partial charge in [-0.05, 0) is 35.4 Å². The highest BCUT2D eigenvalue weighted by atomic mass is 35.5. The Morgan fingerprint density at radius 3 is 2.59 bits per heavy atom. The SMILES string of the molecule is CC(=O)NCc1ccc(C(=O)Nc2ncc(Cc3cccc(Cl)c3)s2)cc1. The standard InChI is InChI=1S/C20H18ClN3O2S/c1-13(25)22-11-14-5-7-16(8-6-14)19(26)24-20-23-12-18(27-20)10-15-3-2-4-17(21)9-15/h2-9,12H,10-11H2,1H3,(H,22,25)(H,23,24,26). The van der Waals surface area contributed by atoms with Crippen molar-refractivity contribution >= 4 is 39.9 Å². The van der Waals surface area contributed by atoms with Crippen molar-refractivity contribution in [1.29, 1.82) is 0 Å². The van der Waals surface area contributed by atoms with E-state index in [2.05, 4.69) is 15.6 Å². The molecule has 1 heterocycles. The Bertz CT molecular complexity index is 954. The number of hydrogen-bond donors (Lipinski definition) is 2. The Morgan fingerprint density at radius 1 is 1.11 bits per heavy atom.